The molecule has 0 saturated heterocycles. The van der Waals surface area contributed by atoms with Crippen molar-refractivity contribution in [1.29, 1.82) is 0 Å². The number of aliphatic hydroxyl groups excluding tert-OH is 1. The molecule has 0 bridgehead atoms. The summed E-state index contributed by atoms with van der Waals surface area (Å²) in [5.41, 5.74) is 4.20. The number of fused-ring (bicyclic) bond motifs is 1. The van der Waals surface area contributed by atoms with E-state index in [1.165, 1.54) is 0 Å². The van der Waals surface area contributed by atoms with Crippen LogP contribution in [0.4, 0.5) is 0 Å². The van der Waals surface area contributed by atoms with Crippen LogP contribution in [0.5, 0.6) is 5.75 Å². The molecule has 4 aromatic rings. The third-order valence-electron chi connectivity index (χ3n) is 4.88. The number of nitrogens with zero attached hydrogens (tertiary/aromatic N) is 1. The number of nitrogens with one attached hydrogen (secondary N) is 2. The molecule has 0 radical (unpaired) electrons. The van der Waals surface area contributed by atoms with E-state index < -0.39 is 6.04 Å². The van der Waals surface area contributed by atoms with Crippen LogP contribution in [-0.2, 0) is 0 Å². The molecule has 6 heteroatoms. The number of aromatic nitrogens is 2. The van der Waals surface area contributed by atoms with Gasteiger partial charge in [0.1, 0.15) is 5.75 Å². The summed E-state index contributed by atoms with van der Waals surface area (Å²) in [4.78, 5) is 12.8. The normalized spacial score (nSPS) is 11.9. The summed E-state index contributed by atoms with van der Waals surface area (Å²) >= 11 is 0. The Bertz CT molecular complexity index is 1150. The van der Waals surface area contributed by atoms with Gasteiger partial charge >= 0.3 is 0 Å². The number of hydrogen-bond donors (Lipinski definition) is 3. The molecule has 0 aliphatic rings. The van der Waals surface area contributed by atoms with E-state index in [0.717, 1.165) is 27.6 Å². The predicted octanol–water partition coefficient (Wildman–Crippen LogP) is 3.70. The Hall–Kier alpha value is -3.64. The Morgan fingerprint density at radius 1 is 1.10 bits per heavy atom. The molecule has 29 heavy (non-hydrogen) atoms. The summed E-state index contributed by atoms with van der Waals surface area (Å²) in [7, 11) is 1.58. The lowest BCUT2D eigenvalue weighted by molar-refractivity contribution is 0.0916. The summed E-state index contributed by atoms with van der Waals surface area (Å²) in [6.07, 6.45) is 1.77. The van der Waals surface area contributed by atoms with Crippen LogP contribution in [0.25, 0.3) is 22.0 Å². The number of amides is 1. The molecule has 0 aliphatic carbocycles. The van der Waals surface area contributed by atoms with Crippen LogP contribution in [0.3, 0.4) is 0 Å². The van der Waals surface area contributed by atoms with Crippen molar-refractivity contribution in [3.05, 3.63) is 84.1 Å². The van der Waals surface area contributed by atoms with E-state index in [1.807, 2.05) is 54.6 Å². The fraction of sp³-hybridized carbons (Fsp3) is 0.130. The second-order valence-corrected chi connectivity index (χ2v) is 6.74. The summed E-state index contributed by atoms with van der Waals surface area (Å²) in [5, 5.41) is 20.7. The third kappa shape index (κ3) is 3.97. The van der Waals surface area contributed by atoms with Crippen molar-refractivity contribution in [2.75, 3.05) is 13.7 Å². The molecular weight excluding hydrogens is 366 g/mol. The molecule has 1 amide bonds. The van der Waals surface area contributed by atoms with Crippen molar-refractivity contribution in [2.24, 2.45) is 0 Å². The molecule has 0 saturated carbocycles. The van der Waals surface area contributed by atoms with Crippen LogP contribution in [0.1, 0.15) is 22.0 Å². The van der Waals surface area contributed by atoms with Crippen molar-refractivity contribution in [3.8, 4) is 16.9 Å². The second-order valence-electron chi connectivity index (χ2n) is 6.74. The summed E-state index contributed by atoms with van der Waals surface area (Å²) in [6.45, 7) is -0.213. The Labute approximate surface area is 168 Å². The first kappa shape index (κ1) is 18.7. The number of carbonyl (C=O) groups is 1. The molecule has 0 fully saturated rings. The van der Waals surface area contributed by atoms with Crippen LogP contribution in [0, 0.1) is 0 Å². The van der Waals surface area contributed by atoms with Crippen LogP contribution in [0.15, 0.2) is 72.9 Å². The molecule has 0 aliphatic heterocycles. The van der Waals surface area contributed by atoms with E-state index >= 15 is 0 Å². The van der Waals surface area contributed by atoms with Crippen LogP contribution >= 0.6 is 0 Å². The Morgan fingerprint density at radius 2 is 1.93 bits per heavy atom. The number of benzene rings is 3. The van der Waals surface area contributed by atoms with Gasteiger partial charge in [-0.2, -0.15) is 5.10 Å². The first-order valence-electron chi connectivity index (χ1n) is 9.27. The quantitative estimate of drug-likeness (QED) is 0.471. The maximum absolute atomic E-state index is 12.8. The number of carbonyl (C=O) groups excluding carboxylic acids is 1. The van der Waals surface area contributed by atoms with Gasteiger partial charge in [0.2, 0.25) is 0 Å². The van der Waals surface area contributed by atoms with Crippen molar-refractivity contribution < 1.29 is 14.6 Å². The van der Waals surface area contributed by atoms with Gasteiger partial charge in [0.25, 0.3) is 5.91 Å². The molecule has 3 N–H and O–H groups in total. The fourth-order valence-corrected chi connectivity index (χ4v) is 3.30. The minimum absolute atomic E-state index is 0.213. The SMILES string of the molecule is COc1cccc(C(CO)NC(=O)c2cccc(-c3ccc4[nH]ncc4c3)c2)c1. The molecule has 4 rings (SSSR count). The Kier molecular flexibility index (Phi) is 5.27. The minimum Gasteiger partial charge on any atom is -0.497 e. The van der Waals surface area contributed by atoms with Crippen LogP contribution in [0.2, 0.25) is 0 Å². The van der Waals surface area contributed by atoms with Gasteiger partial charge in [0.15, 0.2) is 0 Å². The van der Waals surface area contributed by atoms with Crippen LogP contribution in [-0.4, -0.2) is 34.9 Å². The predicted molar refractivity (Wildman–Crippen MR) is 112 cm³/mol. The number of methoxy groups -OCH3 is 1. The number of hydrogen-bond acceptors (Lipinski definition) is 4. The maximum atomic E-state index is 12.8. The van der Waals surface area contributed by atoms with Gasteiger partial charge in [-0.3, -0.25) is 9.89 Å². The monoisotopic (exact) mass is 387 g/mol. The standard InChI is InChI=1S/C23H21N3O3/c1-29-20-7-3-5-17(12-20)22(14-27)25-23(28)18-6-2-4-15(10-18)16-8-9-21-19(11-16)13-24-26-21/h2-13,22,27H,14H2,1H3,(H,24,26)(H,25,28). The van der Waals surface area contributed by atoms with E-state index in [9.17, 15) is 9.90 Å². The number of rotatable bonds is 6. The third-order valence-corrected chi connectivity index (χ3v) is 4.88. The van der Waals surface area contributed by atoms with Gasteiger partial charge in [0, 0.05) is 10.9 Å². The zero-order valence-corrected chi connectivity index (χ0v) is 15.9. The molecular formula is C23H21N3O3. The van der Waals surface area contributed by atoms with Gasteiger partial charge in [-0.25, -0.2) is 0 Å². The molecule has 146 valence electrons. The highest BCUT2D eigenvalue weighted by Gasteiger charge is 2.16. The van der Waals surface area contributed by atoms with Gasteiger partial charge in [-0.1, -0.05) is 30.3 Å². The van der Waals surface area contributed by atoms with Crippen molar-refractivity contribution >= 4 is 16.8 Å². The smallest absolute Gasteiger partial charge is 0.251 e. The Balaban J connectivity index is 1.57. The number of aliphatic hydroxyl groups is 1. The molecule has 0 spiro atoms. The lowest BCUT2D eigenvalue weighted by Crippen LogP contribution is -2.30. The highest BCUT2D eigenvalue weighted by Crippen LogP contribution is 2.25. The van der Waals surface area contributed by atoms with Gasteiger partial charge in [0.05, 0.1) is 31.5 Å². The van der Waals surface area contributed by atoms with Crippen LogP contribution < -0.4 is 10.1 Å². The van der Waals surface area contributed by atoms with Crippen molar-refractivity contribution in [1.82, 2.24) is 15.5 Å². The topological polar surface area (TPSA) is 87.2 Å². The van der Waals surface area contributed by atoms with E-state index in [1.54, 1.807) is 25.4 Å². The molecule has 1 heterocycles. The van der Waals surface area contributed by atoms with Gasteiger partial charge in [-0.05, 0) is 53.1 Å². The highest BCUT2D eigenvalue weighted by atomic mass is 16.5. The lowest BCUT2D eigenvalue weighted by Gasteiger charge is -2.18. The Morgan fingerprint density at radius 3 is 2.76 bits per heavy atom. The van der Waals surface area contributed by atoms with E-state index in [0.29, 0.717) is 11.3 Å². The molecule has 1 aromatic heterocycles. The number of aromatic amines is 1. The second kappa shape index (κ2) is 8.16. The average molecular weight is 387 g/mol. The molecule has 6 nitrogen and oxygen atoms in total. The van der Waals surface area contributed by atoms with E-state index in [4.69, 9.17) is 4.74 Å². The minimum atomic E-state index is -0.525. The van der Waals surface area contributed by atoms with Crippen molar-refractivity contribution in [3.63, 3.8) is 0 Å². The van der Waals surface area contributed by atoms with Gasteiger partial charge < -0.3 is 15.2 Å². The number of H-pyrrole nitrogens is 1. The average Bonchev–Trinajstić information content (AvgIpc) is 3.25. The largest absolute Gasteiger partial charge is 0.497 e. The zero-order valence-electron chi connectivity index (χ0n) is 15.9. The summed E-state index contributed by atoms with van der Waals surface area (Å²) in [6, 6.07) is 20.2. The molecule has 1 unspecified atom stereocenters. The first-order valence-corrected chi connectivity index (χ1v) is 9.27. The number of ether oxygens (including phenoxy) is 1. The first-order chi connectivity index (χ1) is 14.2. The van der Waals surface area contributed by atoms with E-state index in [-0.39, 0.29) is 12.5 Å². The zero-order chi connectivity index (χ0) is 20.2. The summed E-state index contributed by atoms with van der Waals surface area (Å²) in [5.74, 6) is 0.421. The maximum Gasteiger partial charge on any atom is 0.251 e. The van der Waals surface area contributed by atoms with Crippen molar-refractivity contribution in [2.45, 2.75) is 6.04 Å². The highest BCUT2D eigenvalue weighted by molar-refractivity contribution is 5.96. The summed E-state index contributed by atoms with van der Waals surface area (Å²) < 4.78 is 5.23. The lowest BCUT2D eigenvalue weighted by atomic mass is 10.0. The van der Waals surface area contributed by atoms with Gasteiger partial charge in [-0.15, -0.1) is 0 Å². The molecule has 1 atom stereocenters. The molecule has 3 aromatic carbocycles. The van der Waals surface area contributed by atoms with E-state index in [2.05, 4.69) is 15.5 Å². The fourth-order valence-electron chi connectivity index (χ4n) is 3.30.